The third kappa shape index (κ3) is 5.78. The van der Waals surface area contributed by atoms with E-state index in [0.29, 0.717) is 5.92 Å². The second kappa shape index (κ2) is 10.0. The monoisotopic (exact) mass is 328 g/mol. The standard InChI is InChI=1S/C11H11.C5H5.2CH3.Zr/c1-8-3-6-11-9(2)4-5-10(11)7-8;1-2-4-5-3-1;;;/h3,5-7,9H,1-2H3;1-5H;2*1H3;/q4*-1;+4. The smallest absolute Gasteiger partial charge is 0.358 e. The number of hydrogen-bond acceptors (Lipinski definition) is 0. The van der Waals surface area contributed by atoms with E-state index in [1.807, 2.05) is 30.3 Å². The van der Waals surface area contributed by atoms with Gasteiger partial charge in [0.05, 0.1) is 0 Å². The molecule has 19 heavy (non-hydrogen) atoms. The molecule has 0 radical (unpaired) electrons. The van der Waals surface area contributed by atoms with Gasteiger partial charge in [-0.2, -0.15) is 23.8 Å². The van der Waals surface area contributed by atoms with E-state index in [0.717, 1.165) is 0 Å². The van der Waals surface area contributed by atoms with Gasteiger partial charge in [0, 0.05) is 0 Å². The second-order valence-electron chi connectivity index (χ2n) is 4.13. The van der Waals surface area contributed by atoms with Crippen LogP contribution >= 0.6 is 0 Å². The van der Waals surface area contributed by atoms with Crippen LogP contribution in [0.1, 0.15) is 29.5 Å². The van der Waals surface area contributed by atoms with E-state index in [9.17, 15) is 0 Å². The third-order valence-corrected chi connectivity index (χ3v) is 2.75. The molecule has 0 saturated carbocycles. The maximum Gasteiger partial charge on any atom is 4.00 e. The van der Waals surface area contributed by atoms with Crippen LogP contribution in [0, 0.1) is 27.9 Å². The molecule has 98 valence electrons. The van der Waals surface area contributed by atoms with Gasteiger partial charge in [-0.3, -0.25) is 6.08 Å². The quantitative estimate of drug-likeness (QED) is 0.580. The maximum absolute atomic E-state index is 3.29. The Hall–Kier alpha value is -0.807. The molecule has 0 amide bonds. The average molecular weight is 330 g/mol. The molecule has 2 aromatic carbocycles. The summed E-state index contributed by atoms with van der Waals surface area (Å²) in [5.41, 5.74) is 4.09. The Morgan fingerprint density at radius 1 is 1.11 bits per heavy atom. The van der Waals surface area contributed by atoms with E-state index in [1.165, 1.54) is 16.7 Å². The number of benzene rings is 1. The Labute approximate surface area is 138 Å². The van der Waals surface area contributed by atoms with Crippen LogP contribution < -0.4 is 0 Å². The van der Waals surface area contributed by atoms with Crippen molar-refractivity contribution in [2.24, 2.45) is 0 Å². The van der Waals surface area contributed by atoms with Crippen molar-refractivity contribution in [1.82, 2.24) is 0 Å². The molecule has 0 aliphatic heterocycles. The summed E-state index contributed by atoms with van der Waals surface area (Å²) >= 11 is 0. The minimum absolute atomic E-state index is 0. The van der Waals surface area contributed by atoms with Crippen molar-refractivity contribution in [3.8, 4) is 0 Å². The minimum atomic E-state index is 0. The van der Waals surface area contributed by atoms with Crippen LogP contribution in [0.5, 0.6) is 0 Å². The summed E-state index contributed by atoms with van der Waals surface area (Å²) < 4.78 is 0. The molecule has 1 atom stereocenters. The van der Waals surface area contributed by atoms with Gasteiger partial charge in [0.15, 0.2) is 0 Å². The fourth-order valence-electron chi connectivity index (χ4n) is 1.84. The summed E-state index contributed by atoms with van der Waals surface area (Å²) in [6.45, 7) is 4.30. The minimum Gasteiger partial charge on any atom is -0.358 e. The molecular formula is C18H22Zr. The summed E-state index contributed by atoms with van der Waals surface area (Å²) in [5.74, 6) is 0.491. The average Bonchev–Trinajstić information content (AvgIpc) is 2.92. The zero-order valence-electron chi connectivity index (χ0n) is 12.3. The van der Waals surface area contributed by atoms with Gasteiger partial charge < -0.3 is 14.9 Å². The van der Waals surface area contributed by atoms with E-state index in [4.69, 9.17) is 0 Å². The van der Waals surface area contributed by atoms with Crippen LogP contribution in [-0.2, 0) is 26.2 Å². The third-order valence-electron chi connectivity index (χ3n) is 2.75. The van der Waals surface area contributed by atoms with Crippen molar-refractivity contribution in [3.05, 3.63) is 86.2 Å². The van der Waals surface area contributed by atoms with Crippen LogP contribution in [0.3, 0.4) is 0 Å². The summed E-state index contributed by atoms with van der Waals surface area (Å²) in [6.07, 6.45) is 5.38. The normalized spacial score (nSPS) is 13.9. The Kier molecular flexibility index (Phi) is 10.8. The Bertz CT molecular complexity index is 449. The number of allylic oxidation sites excluding steroid dienone is 1. The Morgan fingerprint density at radius 2 is 1.74 bits per heavy atom. The molecule has 1 unspecified atom stereocenters. The predicted octanol–water partition coefficient (Wildman–Crippen LogP) is 5.23. The number of fused-ring (bicyclic) bond motifs is 1. The largest absolute Gasteiger partial charge is 4.00 e. The van der Waals surface area contributed by atoms with E-state index < -0.39 is 0 Å². The van der Waals surface area contributed by atoms with Crippen LogP contribution in [0.15, 0.2) is 48.5 Å². The van der Waals surface area contributed by atoms with E-state index in [-0.39, 0.29) is 41.1 Å². The van der Waals surface area contributed by atoms with Gasteiger partial charge in [0.1, 0.15) is 0 Å². The number of hydrogen-bond donors (Lipinski definition) is 0. The van der Waals surface area contributed by atoms with Gasteiger partial charge in [0.25, 0.3) is 0 Å². The van der Waals surface area contributed by atoms with Crippen LogP contribution in [0.2, 0.25) is 0 Å². The van der Waals surface area contributed by atoms with Crippen LogP contribution in [0.4, 0.5) is 0 Å². The van der Waals surface area contributed by atoms with Crippen LogP contribution in [-0.4, -0.2) is 0 Å². The summed E-state index contributed by atoms with van der Waals surface area (Å²) in [6, 6.07) is 16.6. The fraction of sp³-hybridized carbons (Fsp3) is 0.167. The van der Waals surface area contributed by atoms with Crippen molar-refractivity contribution in [3.63, 3.8) is 0 Å². The first-order valence-electron chi connectivity index (χ1n) is 5.64. The topological polar surface area (TPSA) is 0 Å². The molecule has 0 aromatic heterocycles. The van der Waals surface area contributed by atoms with E-state index >= 15 is 0 Å². The molecular weight excluding hydrogens is 307 g/mol. The SMILES string of the molecule is Cc1ccc2c(c1)C=[C-]C2C.[CH3-].[CH3-].[Zr+4].c1cc[cH-]c1. The molecule has 0 saturated heterocycles. The molecule has 1 heteroatoms. The number of aryl methyl sites for hydroxylation is 1. The molecule has 0 N–H and O–H groups in total. The first kappa shape index (κ1) is 20.5. The van der Waals surface area contributed by atoms with Gasteiger partial charge in [-0.1, -0.05) is 30.5 Å². The van der Waals surface area contributed by atoms with Crippen molar-refractivity contribution in [1.29, 1.82) is 0 Å². The van der Waals surface area contributed by atoms with Gasteiger partial charge in [-0.25, -0.2) is 18.2 Å². The van der Waals surface area contributed by atoms with E-state index in [1.54, 1.807) is 0 Å². The number of rotatable bonds is 0. The predicted molar refractivity (Wildman–Crippen MR) is 82.2 cm³/mol. The first-order chi connectivity index (χ1) is 7.77. The molecule has 3 rings (SSSR count). The summed E-state index contributed by atoms with van der Waals surface area (Å²) in [4.78, 5) is 0. The molecule has 0 bridgehead atoms. The van der Waals surface area contributed by atoms with Crippen molar-refractivity contribution < 1.29 is 26.2 Å². The summed E-state index contributed by atoms with van der Waals surface area (Å²) in [5, 5.41) is 0. The van der Waals surface area contributed by atoms with E-state index in [2.05, 4.69) is 44.2 Å². The van der Waals surface area contributed by atoms with Crippen molar-refractivity contribution in [2.45, 2.75) is 19.8 Å². The molecule has 1 aliphatic carbocycles. The molecule has 0 spiro atoms. The van der Waals surface area contributed by atoms with Gasteiger partial charge in [-0.15, -0.1) is 11.6 Å². The zero-order chi connectivity index (χ0) is 11.4. The van der Waals surface area contributed by atoms with Crippen molar-refractivity contribution >= 4 is 6.08 Å². The summed E-state index contributed by atoms with van der Waals surface area (Å²) in [7, 11) is 0. The first-order valence-corrected chi connectivity index (χ1v) is 5.64. The van der Waals surface area contributed by atoms with Gasteiger partial charge in [-0.05, 0) is 6.92 Å². The molecule has 0 nitrogen and oxygen atoms in total. The maximum atomic E-state index is 3.29. The molecule has 0 fully saturated rings. The fourth-order valence-corrected chi connectivity index (χ4v) is 1.84. The van der Waals surface area contributed by atoms with Gasteiger partial charge >= 0.3 is 26.2 Å². The molecule has 1 aliphatic rings. The zero-order valence-corrected chi connectivity index (χ0v) is 14.7. The molecule has 2 aromatic rings. The Balaban J connectivity index is 0. The van der Waals surface area contributed by atoms with Gasteiger partial charge in [0.2, 0.25) is 0 Å². The second-order valence-corrected chi connectivity index (χ2v) is 4.13. The Morgan fingerprint density at radius 3 is 2.26 bits per heavy atom. The van der Waals surface area contributed by atoms with Crippen LogP contribution in [0.25, 0.3) is 6.08 Å². The van der Waals surface area contributed by atoms with Crippen molar-refractivity contribution in [2.75, 3.05) is 0 Å². The molecule has 0 heterocycles.